The van der Waals surface area contributed by atoms with Crippen LogP contribution >= 0.6 is 0 Å². The summed E-state index contributed by atoms with van der Waals surface area (Å²) in [6.45, 7) is 0. The number of aromatic nitrogens is 2. The summed E-state index contributed by atoms with van der Waals surface area (Å²) in [5, 5.41) is 6.84. The number of pyridine rings is 1. The lowest BCUT2D eigenvalue weighted by Gasteiger charge is -2.26. The summed E-state index contributed by atoms with van der Waals surface area (Å²) in [5.41, 5.74) is 4.43. The van der Waals surface area contributed by atoms with Gasteiger partial charge in [0.1, 0.15) is 22.9 Å². The summed E-state index contributed by atoms with van der Waals surface area (Å²) in [6, 6.07) is 19.4. The molecule has 0 spiro atoms. The van der Waals surface area contributed by atoms with Crippen LogP contribution in [-0.2, 0) is 19.9 Å². The third-order valence-electron chi connectivity index (χ3n) is 6.35. The molecule has 7 heteroatoms. The van der Waals surface area contributed by atoms with E-state index in [-0.39, 0.29) is 17.9 Å². The smallest absolute Gasteiger partial charge is 0.269 e. The van der Waals surface area contributed by atoms with Crippen LogP contribution < -0.4 is 15.4 Å². The Kier molecular flexibility index (Phi) is 5.76. The second-order valence-corrected chi connectivity index (χ2v) is 8.55. The van der Waals surface area contributed by atoms with E-state index in [1.54, 1.807) is 25.4 Å². The van der Waals surface area contributed by atoms with Crippen LogP contribution in [0.1, 0.15) is 38.5 Å². The lowest BCUT2D eigenvalue weighted by Crippen LogP contribution is -2.39. The van der Waals surface area contributed by atoms with E-state index in [1.165, 1.54) is 5.56 Å². The molecule has 2 aromatic heterocycles. The lowest BCUT2D eigenvalue weighted by atomic mass is 9.88. The van der Waals surface area contributed by atoms with Crippen molar-refractivity contribution < 1.29 is 14.3 Å². The molecule has 0 aliphatic heterocycles. The summed E-state index contributed by atoms with van der Waals surface area (Å²) >= 11 is 0. The summed E-state index contributed by atoms with van der Waals surface area (Å²) in [4.78, 5) is 29.0. The molecular formula is C27H26N4O3. The zero-order chi connectivity index (χ0) is 23.7. The highest BCUT2D eigenvalue weighted by atomic mass is 16.5. The molecule has 0 radical (unpaired) electrons. The van der Waals surface area contributed by atoms with Gasteiger partial charge in [-0.1, -0.05) is 24.3 Å². The molecule has 0 saturated heterocycles. The maximum Gasteiger partial charge on any atom is 0.269 e. The third kappa shape index (κ3) is 4.24. The van der Waals surface area contributed by atoms with Gasteiger partial charge in [-0.2, -0.15) is 0 Å². The van der Waals surface area contributed by atoms with E-state index in [9.17, 15) is 9.59 Å². The topological polar surface area (TPSA) is 85.3 Å². The van der Waals surface area contributed by atoms with Crippen molar-refractivity contribution in [2.45, 2.75) is 25.3 Å². The van der Waals surface area contributed by atoms with Crippen molar-refractivity contribution in [3.05, 3.63) is 89.4 Å². The minimum atomic E-state index is -0.263. The first kappa shape index (κ1) is 21.7. The molecule has 0 bridgehead atoms. The Bertz CT molecular complexity index is 1390. The minimum absolute atomic E-state index is 0.0500. The van der Waals surface area contributed by atoms with Gasteiger partial charge in [0.15, 0.2) is 0 Å². The monoisotopic (exact) mass is 454 g/mol. The second-order valence-electron chi connectivity index (χ2n) is 8.55. The van der Waals surface area contributed by atoms with Crippen LogP contribution in [0.3, 0.4) is 0 Å². The standard InChI is InChI=1S/C27H26N4O3/c1-28-26(32)23-16-22(11-12-29-23)34-21-10-8-17-7-9-20(13-19(17)14-21)30-27(33)25-15-18-5-3-4-6-24(18)31(25)2/h3-6,8,10-12,14-16,20H,7,9,13H2,1-2H3,(H,28,32)(H,30,33). The van der Waals surface area contributed by atoms with Crippen molar-refractivity contribution in [2.75, 3.05) is 7.05 Å². The minimum Gasteiger partial charge on any atom is -0.457 e. The van der Waals surface area contributed by atoms with Crippen LogP contribution in [0, 0.1) is 0 Å². The Balaban J connectivity index is 1.30. The van der Waals surface area contributed by atoms with E-state index >= 15 is 0 Å². The number of hydrogen-bond donors (Lipinski definition) is 2. The Hall–Kier alpha value is -4.13. The van der Waals surface area contributed by atoms with Crippen molar-refractivity contribution in [3.63, 3.8) is 0 Å². The molecule has 2 N–H and O–H groups in total. The second kappa shape index (κ2) is 9.02. The van der Waals surface area contributed by atoms with Gasteiger partial charge in [-0.15, -0.1) is 0 Å². The number of carbonyl (C=O) groups is 2. The van der Waals surface area contributed by atoms with Crippen molar-refractivity contribution in [1.29, 1.82) is 0 Å². The number of fused-ring (bicyclic) bond motifs is 2. The molecule has 1 aliphatic rings. The lowest BCUT2D eigenvalue weighted by molar-refractivity contribution is 0.0924. The molecule has 0 saturated carbocycles. The maximum absolute atomic E-state index is 13.0. The average molecular weight is 455 g/mol. The fraction of sp³-hybridized carbons (Fsp3) is 0.222. The van der Waals surface area contributed by atoms with E-state index in [2.05, 4.69) is 21.7 Å². The zero-order valence-corrected chi connectivity index (χ0v) is 19.2. The van der Waals surface area contributed by atoms with Gasteiger partial charge in [-0.25, -0.2) is 0 Å². The summed E-state index contributed by atoms with van der Waals surface area (Å²) in [7, 11) is 3.49. The third-order valence-corrected chi connectivity index (χ3v) is 6.35. The predicted octanol–water partition coefficient (Wildman–Crippen LogP) is 4.01. The molecule has 2 heterocycles. The highest BCUT2D eigenvalue weighted by Crippen LogP contribution is 2.29. The Morgan fingerprint density at radius 2 is 1.82 bits per heavy atom. The van der Waals surface area contributed by atoms with Crippen molar-refractivity contribution >= 4 is 22.7 Å². The fourth-order valence-corrected chi connectivity index (χ4v) is 4.55. The first-order valence-corrected chi connectivity index (χ1v) is 11.3. The quantitative estimate of drug-likeness (QED) is 0.477. The molecule has 1 atom stereocenters. The van der Waals surface area contributed by atoms with E-state index in [0.717, 1.165) is 35.7 Å². The fourth-order valence-electron chi connectivity index (χ4n) is 4.55. The van der Waals surface area contributed by atoms with E-state index < -0.39 is 0 Å². The number of rotatable bonds is 5. The van der Waals surface area contributed by atoms with Crippen LogP contribution in [0.2, 0.25) is 0 Å². The Labute approximate surface area is 197 Å². The van der Waals surface area contributed by atoms with Gasteiger partial charge in [0.05, 0.1) is 0 Å². The molecule has 4 aromatic rings. The van der Waals surface area contributed by atoms with Gasteiger partial charge in [-0.3, -0.25) is 14.6 Å². The first-order chi connectivity index (χ1) is 16.5. The summed E-state index contributed by atoms with van der Waals surface area (Å²) in [6.07, 6.45) is 4.08. The van der Waals surface area contributed by atoms with Gasteiger partial charge in [0.25, 0.3) is 11.8 Å². The number of para-hydroxylation sites is 1. The largest absolute Gasteiger partial charge is 0.457 e. The maximum atomic E-state index is 13.0. The number of carbonyl (C=O) groups excluding carboxylic acids is 2. The van der Waals surface area contributed by atoms with Crippen LogP contribution in [0.15, 0.2) is 66.9 Å². The average Bonchev–Trinajstić information content (AvgIpc) is 3.20. The van der Waals surface area contributed by atoms with Crippen molar-refractivity contribution in [3.8, 4) is 11.5 Å². The van der Waals surface area contributed by atoms with Crippen LogP contribution in [0.4, 0.5) is 0 Å². The molecule has 1 unspecified atom stereocenters. The number of ether oxygens (including phenoxy) is 1. The van der Waals surface area contributed by atoms with Crippen LogP contribution in [-0.4, -0.2) is 34.5 Å². The SMILES string of the molecule is CNC(=O)c1cc(Oc2ccc3c(c2)CC(NC(=O)c2cc4ccccc4n2C)CC3)ccn1. The number of benzene rings is 2. The van der Waals surface area contributed by atoms with Crippen molar-refractivity contribution in [1.82, 2.24) is 20.2 Å². The van der Waals surface area contributed by atoms with E-state index in [0.29, 0.717) is 22.9 Å². The number of nitrogens with one attached hydrogen (secondary N) is 2. The Morgan fingerprint density at radius 1 is 1.00 bits per heavy atom. The highest BCUT2D eigenvalue weighted by Gasteiger charge is 2.23. The molecule has 2 aromatic carbocycles. The van der Waals surface area contributed by atoms with Gasteiger partial charge in [0, 0.05) is 43.3 Å². The molecule has 2 amide bonds. The van der Waals surface area contributed by atoms with Crippen molar-refractivity contribution in [2.24, 2.45) is 7.05 Å². The van der Waals surface area contributed by atoms with Gasteiger partial charge in [0.2, 0.25) is 0 Å². The van der Waals surface area contributed by atoms with E-state index in [4.69, 9.17) is 4.74 Å². The van der Waals surface area contributed by atoms with Crippen LogP contribution in [0.5, 0.6) is 11.5 Å². The van der Waals surface area contributed by atoms with Gasteiger partial charge >= 0.3 is 0 Å². The summed E-state index contributed by atoms with van der Waals surface area (Å²) in [5.74, 6) is 0.914. The highest BCUT2D eigenvalue weighted by molar-refractivity contribution is 5.98. The predicted molar refractivity (Wildman–Crippen MR) is 130 cm³/mol. The van der Waals surface area contributed by atoms with Gasteiger partial charge < -0.3 is 19.9 Å². The normalized spacial score (nSPS) is 14.9. The number of nitrogens with zero attached hydrogens (tertiary/aromatic N) is 2. The molecule has 1 aliphatic carbocycles. The number of aryl methyl sites for hydroxylation is 2. The van der Waals surface area contributed by atoms with Gasteiger partial charge in [-0.05, 0) is 60.7 Å². The summed E-state index contributed by atoms with van der Waals surface area (Å²) < 4.78 is 7.94. The molecule has 7 nitrogen and oxygen atoms in total. The zero-order valence-electron chi connectivity index (χ0n) is 19.2. The number of hydrogen-bond acceptors (Lipinski definition) is 4. The molecule has 34 heavy (non-hydrogen) atoms. The Morgan fingerprint density at radius 3 is 2.65 bits per heavy atom. The van der Waals surface area contributed by atoms with Crippen LogP contribution in [0.25, 0.3) is 10.9 Å². The van der Waals surface area contributed by atoms with E-state index in [1.807, 2.05) is 54.1 Å². The molecule has 5 rings (SSSR count). The molecule has 172 valence electrons. The molecule has 0 fully saturated rings. The molecular weight excluding hydrogens is 428 g/mol. The first-order valence-electron chi connectivity index (χ1n) is 11.3. The number of amides is 2.